The van der Waals surface area contributed by atoms with Crippen molar-refractivity contribution in [2.75, 3.05) is 13.6 Å². The second-order valence-electron chi connectivity index (χ2n) is 4.41. The molecule has 1 aromatic rings. The summed E-state index contributed by atoms with van der Waals surface area (Å²) >= 11 is 7.04. The summed E-state index contributed by atoms with van der Waals surface area (Å²) in [6, 6.07) is 6.98. The van der Waals surface area contributed by atoms with Crippen molar-refractivity contribution in [3.63, 3.8) is 0 Å². The number of halogens is 2. The molecule has 1 aromatic carbocycles. The predicted octanol–water partition coefficient (Wildman–Crippen LogP) is 3.31. The van der Waals surface area contributed by atoms with Gasteiger partial charge in [0.25, 0.3) is 0 Å². The molecule has 0 radical (unpaired) electrons. The number of nitrogens with zero attached hydrogens (tertiary/aromatic N) is 1. The highest BCUT2D eigenvalue weighted by Gasteiger charge is 2.27. The van der Waals surface area contributed by atoms with E-state index in [1.54, 1.807) is 0 Å². The Morgan fingerprint density at radius 2 is 2.06 bits per heavy atom. The van der Waals surface area contributed by atoms with Crippen LogP contribution in [-0.2, 0) is 0 Å². The summed E-state index contributed by atoms with van der Waals surface area (Å²) in [6.07, 6.45) is 2.31. The van der Waals surface area contributed by atoms with Crippen molar-refractivity contribution in [3.05, 3.63) is 32.7 Å². The van der Waals surface area contributed by atoms with Gasteiger partial charge in [-0.15, -0.1) is 0 Å². The second kappa shape index (κ2) is 5.17. The number of rotatable bonds is 1. The lowest BCUT2D eigenvalue weighted by atomic mass is 9.91. The number of likely N-dealkylation sites (tertiary alicyclic amines) is 1. The minimum atomic E-state index is 0.242. The van der Waals surface area contributed by atoms with Gasteiger partial charge in [-0.2, -0.15) is 0 Å². The average Bonchev–Trinajstić information content (AvgIpc) is 2.23. The Hall–Kier alpha value is 0.1000. The van der Waals surface area contributed by atoms with Gasteiger partial charge in [-0.25, -0.2) is 0 Å². The first-order chi connectivity index (χ1) is 7.59. The van der Waals surface area contributed by atoms with E-state index >= 15 is 0 Å². The molecule has 0 aromatic heterocycles. The zero-order valence-electron chi connectivity index (χ0n) is 9.29. The molecule has 2 N–H and O–H groups in total. The van der Waals surface area contributed by atoms with Gasteiger partial charge in [-0.3, -0.25) is 4.90 Å². The number of nitrogens with two attached hydrogens (primary N) is 1. The maximum absolute atomic E-state index is 6.22. The van der Waals surface area contributed by atoms with Crippen molar-refractivity contribution in [2.45, 2.75) is 24.9 Å². The summed E-state index contributed by atoms with van der Waals surface area (Å²) in [5, 5.41) is 0. The van der Waals surface area contributed by atoms with Crippen LogP contribution in [0.25, 0.3) is 0 Å². The van der Waals surface area contributed by atoms with E-state index in [1.807, 2.05) is 0 Å². The van der Waals surface area contributed by atoms with Gasteiger partial charge in [0.2, 0.25) is 0 Å². The molecule has 1 heterocycles. The fraction of sp³-hybridized carbons (Fsp3) is 0.500. The third-order valence-electron chi connectivity index (χ3n) is 3.21. The van der Waals surface area contributed by atoms with Crippen LogP contribution in [0.5, 0.6) is 0 Å². The summed E-state index contributed by atoms with van der Waals surface area (Å²) in [5.74, 6) is 0. The fourth-order valence-corrected chi connectivity index (χ4v) is 3.04. The predicted molar refractivity (Wildman–Crippen MR) is 74.4 cm³/mol. The molecule has 0 aliphatic carbocycles. The summed E-state index contributed by atoms with van der Waals surface area (Å²) in [7, 11) is 2.15. The van der Waals surface area contributed by atoms with E-state index in [-0.39, 0.29) is 6.04 Å². The van der Waals surface area contributed by atoms with Crippen LogP contribution in [0.4, 0.5) is 0 Å². The van der Waals surface area contributed by atoms with Gasteiger partial charge in [-0.1, -0.05) is 6.07 Å². The molecular weight excluding hydrogens is 332 g/mol. The summed E-state index contributed by atoms with van der Waals surface area (Å²) < 4.78 is 2.18. The average molecular weight is 348 g/mol. The SMILES string of the molecule is CN1CCCC(N)C1c1ccc(Br)c(Br)c1. The van der Waals surface area contributed by atoms with Gasteiger partial charge >= 0.3 is 0 Å². The molecule has 16 heavy (non-hydrogen) atoms. The molecule has 4 heteroatoms. The number of hydrogen-bond acceptors (Lipinski definition) is 2. The van der Waals surface area contributed by atoms with E-state index in [0.717, 1.165) is 21.9 Å². The second-order valence-corrected chi connectivity index (χ2v) is 6.11. The Labute approximate surface area is 113 Å². The minimum absolute atomic E-state index is 0.242. The quantitative estimate of drug-likeness (QED) is 0.844. The van der Waals surface area contributed by atoms with Crippen LogP contribution in [0.3, 0.4) is 0 Å². The minimum Gasteiger partial charge on any atom is -0.326 e. The van der Waals surface area contributed by atoms with Crippen molar-refractivity contribution in [2.24, 2.45) is 5.73 Å². The molecule has 88 valence electrons. The standard InChI is InChI=1S/C12H16Br2N2/c1-16-6-2-3-11(15)12(16)8-4-5-9(13)10(14)7-8/h4-5,7,11-12H,2-3,6,15H2,1H3. The van der Waals surface area contributed by atoms with Crippen molar-refractivity contribution < 1.29 is 0 Å². The third-order valence-corrected chi connectivity index (χ3v) is 5.09. The fourth-order valence-electron chi connectivity index (χ4n) is 2.40. The van der Waals surface area contributed by atoms with Crippen LogP contribution in [0.2, 0.25) is 0 Å². The van der Waals surface area contributed by atoms with E-state index in [1.165, 1.54) is 12.0 Å². The zero-order chi connectivity index (χ0) is 11.7. The Kier molecular flexibility index (Phi) is 4.06. The van der Waals surface area contributed by atoms with E-state index in [0.29, 0.717) is 6.04 Å². The van der Waals surface area contributed by atoms with Gasteiger partial charge < -0.3 is 5.73 Å². The normalized spacial score (nSPS) is 27.0. The Balaban J connectivity index is 2.30. The summed E-state index contributed by atoms with van der Waals surface area (Å²) in [5.41, 5.74) is 7.52. The first-order valence-corrected chi connectivity index (χ1v) is 7.09. The number of hydrogen-bond donors (Lipinski definition) is 1. The molecule has 2 rings (SSSR count). The van der Waals surface area contributed by atoms with Crippen molar-refractivity contribution in [1.82, 2.24) is 4.90 Å². The Morgan fingerprint density at radius 1 is 1.31 bits per heavy atom. The maximum Gasteiger partial charge on any atom is 0.0496 e. The molecule has 1 saturated heterocycles. The highest BCUT2D eigenvalue weighted by Crippen LogP contribution is 2.32. The monoisotopic (exact) mass is 346 g/mol. The molecule has 0 saturated carbocycles. The molecule has 2 unspecified atom stereocenters. The zero-order valence-corrected chi connectivity index (χ0v) is 12.5. The van der Waals surface area contributed by atoms with Crippen LogP contribution < -0.4 is 5.73 Å². The molecule has 0 bridgehead atoms. The molecule has 0 spiro atoms. The van der Waals surface area contributed by atoms with Crippen molar-refractivity contribution in [3.8, 4) is 0 Å². The van der Waals surface area contributed by atoms with Gasteiger partial charge in [0.05, 0.1) is 0 Å². The topological polar surface area (TPSA) is 29.3 Å². The third kappa shape index (κ3) is 2.50. The van der Waals surface area contributed by atoms with E-state index in [2.05, 4.69) is 62.0 Å². The van der Waals surface area contributed by atoms with Crippen molar-refractivity contribution in [1.29, 1.82) is 0 Å². The molecule has 0 amide bonds. The largest absolute Gasteiger partial charge is 0.326 e. The maximum atomic E-state index is 6.22. The van der Waals surface area contributed by atoms with E-state index in [4.69, 9.17) is 5.73 Å². The molecule has 1 fully saturated rings. The molecule has 2 nitrogen and oxygen atoms in total. The summed E-state index contributed by atoms with van der Waals surface area (Å²) in [6.45, 7) is 1.13. The van der Waals surface area contributed by atoms with Crippen LogP contribution >= 0.6 is 31.9 Å². The molecular formula is C12H16Br2N2. The van der Waals surface area contributed by atoms with Crippen molar-refractivity contribution >= 4 is 31.9 Å². The highest BCUT2D eigenvalue weighted by atomic mass is 79.9. The molecule has 1 aliphatic rings. The lowest BCUT2D eigenvalue weighted by Crippen LogP contribution is -2.43. The number of likely N-dealkylation sites (N-methyl/N-ethyl adjacent to an activating group) is 1. The van der Waals surface area contributed by atoms with Crippen LogP contribution in [0.1, 0.15) is 24.4 Å². The summed E-state index contributed by atoms with van der Waals surface area (Å²) in [4.78, 5) is 2.35. The lowest BCUT2D eigenvalue weighted by molar-refractivity contribution is 0.163. The first kappa shape index (κ1) is 12.6. The molecule has 1 aliphatic heterocycles. The number of benzene rings is 1. The number of piperidine rings is 1. The van der Waals surface area contributed by atoms with Crippen LogP contribution in [-0.4, -0.2) is 24.5 Å². The Bertz CT molecular complexity index is 371. The van der Waals surface area contributed by atoms with Gasteiger partial charge in [0.15, 0.2) is 0 Å². The van der Waals surface area contributed by atoms with Crippen LogP contribution in [0, 0.1) is 0 Å². The first-order valence-electron chi connectivity index (χ1n) is 5.50. The van der Waals surface area contributed by atoms with Crippen LogP contribution in [0.15, 0.2) is 27.1 Å². The molecule has 2 atom stereocenters. The van der Waals surface area contributed by atoms with E-state index < -0.39 is 0 Å². The lowest BCUT2D eigenvalue weighted by Gasteiger charge is -2.37. The smallest absolute Gasteiger partial charge is 0.0496 e. The van der Waals surface area contributed by atoms with Gasteiger partial charge in [0.1, 0.15) is 0 Å². The Morgan fingerprint density at radius 3 is 2.69 bits per heavy atom. The van der Waals surface area contributed by atoms with Gasteiger partial charge in [-0.05, 0) is 76.0 Å². The highest BCUT2D eigenvalue weighted by molar-refractivity contribution is 9.13. The van der Waals surface area contributed by atoms with E-state index in [9.17, 15) is 0 Å². The van der Waals surface area contributed by atoms with Gasteiger partial charge in [0, 0.05) is 21.0 Å².